The Morgan fingerprint density at radius 3 is 3.20 bits per heavy atom. The third-order valence-electron chi connectivity index (χ3n) is 3.76. The quantitative estimate of drug-likeness (QED) is 0.663. The molecular formula is C13H16ClN. The lowest BCUT2D eigenvalue weighted by molar-refractivity contribution is 0.443. The maximum absolute atomic E-state index is 6.29. The van der Waals surface area contributed by atoms with Gasteiger partial charge in [0.1, 0.15) is 0 Å². The molecule has 2 aliphatic carbocycles. The molecule has 0 bridgehead atoms. The second-order valence-corrected chi connectivity index (χ2v) is 5.24. The third-order valence-corrected chi connectivity index (χ3v) is 4.10. The molecule has 0 unspecified atom stereocenters. The smallest absolute Gasteiger partial charge is 0.0459 e. The molecule has 0 radical (unpaired) electrons. The Hall–Kier alpha value is -0.530. The zero-order valence-electron chi connectivity index (χ0n) is 9.02. The van der Waals surface area contributed by atoms with Crippen molar-refractivity contribution in [3.05, 3.63) is 33.9 Å². The summed E-state index contributed by atoms with van der Waals surface area (Å²) in [5.74, 6) is 0.734. The highest BCUT2D eigenvalue weighted by molar-refractivity contribution is 6.33. The number of hydrogen-bond acceptors (Lipinski definition) is 1. The van der Waals surface area contributed by atoms with Gasteiger partial charge in [0.25, 0.3) is 0 Å². The largest absolute Gasteiger partial charge is 0.310 e. The summed E-state index contributed by atoms with van der Waals surface area (Å²) in [5.41, 5.74) is 4.31. The fourth-order valence-electron chi connectivity index (χ4n) is 3.04. The summed E-state index contributed by atoms with van der Waals surface area (Å²) >= 11 is 6.29. The molecular weight excluding hydrogens is 206 g/mol. The van der Waals surface area contributed by atoms with Crippen LogP contribution in [0.15, 0.2) is 33.9 Å². The minimum Gasteiger partial charge on any atom is -0.310 e. The monoisotopic (exact) mass is 221 g/mol. The zero-order chi connectivity index (χ0) is 10.4. The van der Waals surface area contributed by atoms with Crippen molar-refractivity contribution in [2.45, 2.75) is 32.2 Å². The molecule has 0 aromatic heterocycles. The van der Waals surface area contributed by atoms with Crippen LogP contribution in [0.1, 0.15) is 26.2 Å². The number of nitrogens with one attached hydrogen (secondary N) is 1. The summed E-state index contributed by atoms with van der Waals surface area (Å²) < 4.78 is 0. The molecule has 1 nitrogen and oxygen atoms in total. The van der Waals surface area contributed by atoms with Crippen molar-refractivity contribution in [1.82, 2.24) is 5.32 Å². The van der Waals surface area contributed by atoms with Crippen molar-refractivity contribution in [2.24, 2.45) is 5.92 Å². The van der Waals surface area contributed by atoms with Gasteiger partial charge in [-0.2, -0.15) is 0 Å². The number of rotatable bonds is 0. The van der Waals surface area contributed by atoms with Gasteiger partial charge in [-0.15, -0.1) is 0 Å². The summed E-state index contributed by atoms with van der Waals surface area (Å²) in [4.78, 5) is 0. The van der Waals surface area contributed by atoms with E-state index in [2.05, 4.69) is 24.4 Å². The van der Waals surface area contributed by atoms with Gasteiger partial charge in [-0.25, -0.2) is 0 Å². The van der Waals surface area contributed by atoms with E-state index in [4.69, 9.17) is 11.6 Å². The van der Waals surface area contributed by atoms with Crippen molar-refractivity contribution in [1.29, 1.82) is 0 Å². The molecule has 3 aliphatic rings. The van der Waals surface area contributed by atoms with E-state index < -0.39 is 0 Å². The topological polar surface area (TPSA) is 12.0 Å². The first-order valence-electron chi connectivity index (χ1n) is 5.80. The molecule has 0 saturated carbocycles. The molecule has 0 aromatic carbocycles. The Morgan fingerprint density at radius 1 is 1.47 bits per heavy atom. The average molecular weight is 222 g/mol. The maximum Gasteiger partial charge on any atom is 0.0459 e. The van der Waals surface area contributed by atoms with Crippen molar-refractivity contribution >= 4 is 11.6 Å². The van der Waals surface area contributed by atoms with Gasteiger partial charge in [0.2, 0.25) is 0 Å². The molecule has 0 fully saturated rings. The lowest BCUT2D eigenvalue weighted by Crippen LogP contribution is -2.27. The fraction of sp³-hybridized carbons (Fsp3) is 0.538. The lowest BCUT2D eigenvalue weighted by atomic mass is 9.81. The highest BCUT2D eigenvalue weighted by atomic mass is 35.5. The summed E-state index contributed by atoms with van der Waals surface area (Å²) in [7, 11) is 0. The van der Waals surface area contributed by atoms with Crippen molar-refractivity contribution in [2.75, 3.05) is 6.54 Å². The van der Waals surface area contributed by atoms with E-state index in [9.17, 15) is 0 Å². The van der Waals surface area contributed by atoms with Crippen LogP contribution in [0.2, 0.25) is 0 Å². The molecule has 2 atom stereocenters. The van der Waals surface area contributed by atoms with Crippen LogP contribution in [0.3, 0.4) is 0 Å². The molecule has 80 valence electrons. The standard InChI is InChI=1S/C13H16ClN/c1-8-5-9-3-2-4-10-6-12(14)11(7-15-8)13(9)10/h4,6,8-9,15H,2-3,5,7H2,1H3/t8-,9-/m1/s1. The highest BCUT2D eigenvalue weighted by Crippen LogP contribution is 2.44. The fourth-order valence-corrected chi connectivity index (χ4v) is 3.33. The molecule has 0 saturated heterocycles. The van der Waals surface area contributed by atoms with Crippen LogP contribution in [0.25, 0.3) is 0 Å². The van der Waals surface area contributed by atoms with Crippen LogP contribution in [-0.2, 0) is 0 Å². The van der Waals surface area contributed by atoms with Crippen LogP contribution in [-0.4, -0.2) is 12.6 Å². The predicted octanol–water partition coefficient (Wildman–Crippen LogP) is 3.14. The van der Waals surface area contributed by atoms with Crippen LogP contribution >= 0.6 is 11.6 Å². The van der Waals surface area contributed by atoms with Crippen molar-refractivity contribution in [3.8, 4) is 0 Å². The summed E-state index contributed by atoms with van der Waals surface area (Å²) in [6.07, 6.45) is 8.26. The van der Waals surface area contributed by atoms with Gasteiger partial charge in [-0.05, 0) is 54.9 Å². The van der Waals surface area contributed by atoms with Gasteiger partial charge in [0.05, 0.1) is 0 Å². The SMILES string of the molecule is C[C@@H]1C[C@H]2CCC=C3C=C(Cl)C(=C32)CN1. The van der Waals surface area contributed by atoms with Crippen LogP contribution in [0, 0.1) is 5.92 Å². The first kappa shape index (κ1) is 9.68. The minimum atomic E-state index is 0.615. The van der Waals surface area contributed by atoms with Gasteiger partial charge in [-0.1, -0.05) is 17.7 Å². The Morgan fingerprint density at radius 2 is 2.33 bits per heavy atom. The highest BCUT2D eigenvalue weighted by Gasteiger charge is 2.32. The Kier molecular flexibility index (Phi) is 2.26. The zero-order valence-corrected chi connectivity index (χ0v) is 9.77. The third kappa shape index (κ3) is 1.49. The maximum atomic E-state index is 6.29. The van der Waals surface area contributed by atoms with Gasteiger partial charge >= 0.3 is 0 Å². The first-order valence-corrected chi connectivity index (χ1v) is 6.18. The Bertz CT molecular complexity index is 389. The van der Waals surface area contributed by atoms with E-state index in [1.54, 1.807) is 5.57 Å². The van der Waals surface area contributed by atoms with Crippen molar-refractivity contribution < 1.29 is 0 Å². The van der Waals surface area contributed by atoms with Gasteiger partial charge in [0, 0.05) is 17.6 Å². The average Bonchev–Trinajstić information content (AvgIpc) is 2.40. The van der Waals surface area contributed by atoms with Crippen LogP contribution < -0.4 is 5.32 Å². The summed E-state index contributed by atoms with van der Waals surface area (Å²) in [5, 5.41) is 4.51. The van der Waals surface area contributed by atoms with Crippen LogP contribution in [0.4, 0.5) is 0 Å². The van der Waals surface area contributed by atoms with Gasteiger partial charge < -0.3 is 5.32 Å². The Labute approximate surface area is 95.9 Å². The molecule has 3 rings (SSSR count). The molecule has 1 heterocycles. The lowest BCUT2D eigenvalue weighted by Gasteiger charge is -2.24. The normalized spacial score (nSPS) is 34.5. The molecule has 0 spiro atoms. The second-order valence-electron chi connectivity index (χ2n) is 4.84. The number of hydrogen-bond donors (Lipinski definition) is 1. The van der Waals surface area contributed by atoms with Crippen LogP contribution in [0.5, 0.6) is 0 Å². The van der Waals surface area contributed by atoms with E-state index in [0.717, 1.165) is 17.5 Å². The molecule has 1 N–H and O–H groups in total. The molecule has 15 heavy (non-hydrogen) atoms. The molecule has 0 aromatic rings. The second kappa shape index (κ2) is 3.50. The minimum absolute atomic E-state index is 0.615. The van der Waals surface area contributed by atoms with Gasteiger partial charge in [0.15, 0.2) is 0 Å². The van der Waals surface area contributed by atoms with E-state index in [1.165, 1.54) is 30.4 Å². The number of halogens is 1. The number of allylic oxidation sites excluding steroid dienone is 4. The summed E-state index contributed by atoms with van der Waals surface area (Å²) in [6.45, 7) is 3.22. The van der Waals surface area contributed by atoms with E-state index in [-0.39, 0.29) is 0 Å². The van der Waals surface area contributed by atoms with E-state index >= 15 is 0 Å². The molecule has 1 aliphatic heterocycles. The Balaban J connectivity index is 2.07. The predicted molar refractivity (Wildman–Crippen MR) is 63.9 cm³/mol. The molecule has 2 heteroatoms. The van der Waals surface area contributed by atoms with Gasteiger partial charge in [-0.3, -0.25) is 0 Å². The van der Waals surface area contributed by atoms with Crippen molar-refractivity contribution in [3.63, 3.8) is 0 Å². The van der Waals surface area contributed by atoms with E-state index in [0.29, 0.717) is 6.04 Å². The summed E-state index contributed by atoms with van der Waals surface area (Å²) in [6, 6.07) is 0.615. The molecule has 0 amide bonds. The van der Waals surface area contributed by atoms with E-state index in [1.807, 2.05) is 0 Å². The first-order chi connectivity index (χ1) is 7.25.